The molecule has 1 rings (SSSR count). The summed E-state index contributed by atoms with van der Waals surface area (Å²) in [5, 5.41) is 3.35. The third-order valence-corrected chi connectivity index (χ3v) is 2.45. The maximum Gasteiger partial charge on any atom is 0.129 e. The van der Waals surface area contributed by atoms with Crippen molar-refractivity contribution in [2.45, 2.75) is 33.4 Å². The van der Waals surface area contributed by atoms with Gasteiger partial charge in [0.05, 0.1) is 6.54 Å². The molecule has 104 valence electrons. The Hall–Kier alpha value is -0.840. The first-order valence-electron chi connectivity index (χ1n) is 6.57. The zero-order valence-corrected chi connectivity index (χ0v) is 11.7. The highest BCUT2D eigenvalue weighted by Gasteiger charge is 2.02. The summed E-state index contributed by atoms with van der Waals surface area (Å²) >= 11 is 0. The van der Waals surface area contributed by atoms with Crippen LogP contribution in [-0.4, -0.2) is 26.9 Å². The van der Waals surface area contributed by atoms with E-state index >= 15 is 0 Å². The first-order valence-corrected chi connectivity index (χ1v) is 6.57. The van der Waals surface area contributed by atoms with Gasteiger partial charge in [-0.15, -0.1) is 0 Å². The van der Waals surface area contributed by atoms with E-state index in [0.717, 1.165) is 37.6 Å². The van der Waals surface area contributed by atoms with Crippen molar-refractivity contribution in [1.82, 2.24) is 5.32 Å². The Bertz CT molecular complexity index is 310. The number of hydrogen-bond acceptors (Lipinski definition) is 4. The van der Waals surface area contributed by atoms with E-state index in [1.807, 2.05) is 12.1 Å². The normalized spacial score (nSPS) is 11.3. The van der Waals surface area contributed by atoms with Crippen LogP contribution < -0.4 is 5.32 Å². The summed E-state index contributed by atoms with van der Waals surface area (Å²) in [5.74, 6) is 2.50. The van der Waals surface area contributed by atoms with Gasteiger partial charge in [-0.25, -0.2) is 0 Å². The van der Waals surface area contributed by atoms with Gasteiger partial charge in [0.2, 0.25) is 0 Å². The molecular weight excluding hydrogens is 230 g/mol. The molecule has 18 heavy (non-hydrogen) atoms. The van der Waals surface area contributed by atoms with E-state index in [1.54, 1.807) is 7.11 Å². The van der Waals surface area contributed by atoms with E-state index in [1.165, 1.54) is 0 Å². The van der Waals surface area contributed by atoms with Crippen LogP contribution in [0.4, 0.5) is 0 Å². The van der Waals surface area contributed by atoms with Crippen LogP contribution in [0.25, 0.3) is 0 Å². The van der Waals surface area contributed by atoms with Crippen LogP contribution in [-0.2, 0) is 22.6 Å². The van der Waals surface area contributed by atoms with E-state index in [0.29, 0.717) is 19.1 Å². The van der Waals surface area contributed by atoms with Gasteiger partial charge in [0.1, 0.15) is 18.1 Å². The molecule has 4 nitrogen and oxygen atoms in total. The van der Waals surface area contributed by atoms with Crippen LogP contribution in [0.15, 0.2) is 16.5 Å². The fraction of sp³-hybridized carbons (Fsp3) is 0.714. The van der Waals surface area contributed by atoms with Crippen molar-refractivity contribution in [2.24, 2.45) is 5.92 Å². The highest BCUT2D eigenvalue weighted by atomic mass is 16.5. The Morgan fingerprint density at radius 2 is 2.00 bits per heavy atom. The van der Waals surface area contributed by atoms with Crippen molar-refractivity contribution in [2.75, 3.05) is 26.9 Å². The number of nitrogens with one attached hydrogen (secondary N) is 1. The van der Waals surface area contributed by atoms with Gasteiger partial charge in [0.15, 0.2) is 0 Å². The molecule has 1 aromatic heterocycles. The van der Waals surface area contributed by atoms with Gasteiger partial charge in [-0.3, -0.25) is 0 Å². The van der Waals surface area contributed by atoms with Gasteiger partial charge in [0.25, 0.3) is 0 Å². The minimum absolute atomic E-state index is 0.536. The second-order valence-electron chi connectivity index (χ2n) is 4.79. The topological polar surface area (TPSA) is 43.6 Å². The Labute approximate surface area is 110 Å². The lowest BCUT2D eigenvalue weighted by atomic mass is 10.2. The molecule has 4 heteroatoms. The molecule has 0 bridgehead atoms. The lowest BCUT2D eigenvalue weighted by molar-refractivity contribution is 0.0820. The fourth-order valence-corrected chi connectivity index (χ4v) is 1.56. The van der Waals surface area contributed by atoms with E-state index < -0.39 is 0 Å². The third-order valence-electron chi connectivity index (χ3n) is 2.45. The van der Waals surface area contributed by atoms with Gasteiger partial charge < -0.3 is 19.2 Å². The zero-order valence-electron chi connectivity index (χ0n) is 11.7. The van der Waals surface area contributed by atoms with Crippen LogP contribution >= 0.6 is 0 Å². The second kappa shape index (κ2) is 9.14. The van der Waals surface area contributed by atoms with Gasteiger partial charge in [-0.1, -0.05) is 13.8 Å². The lowest BCUT2D eigenvalue weighted by Crippen LogP contribution is -2.18. The molecule has 0 fully saturated rings. The number of hydrogen-bond donors (Lipinski definition) is 1. The number of furan rings is 1. The predicted molar refractivity (Wildman–Crippen MR) is 71.4 cm³/mol. The Balaban J connectivity index is 2.13. The second-order valence-corrected chi connectivity index (χ2v) is 4.79. The Morgan fingerprint density at radius 3 is 2.72 bits per heavy atom. The summed E-state index contributed by atoms with van der Waals surface area (Å²) in [4.78, 5) is 0. The van der Waals surface area contributed by atoms with Crippen LogP contribution in [0, 0.1) is 5.92 Å². The molecule has 0 atom stereocenters. The van der Waals surface area contributed by atoms with Gasteiger partial charge in [-0.2, -0.15) is 0 Å². The van der Waals surface area contributed by atoms with Gasteiger partial charge in [0, 0.05) is 20.3 Å². The van der Waals surface area contributed by atoms with E-state index in [4.69, 9.17) is 13.9 Å². The van der Waals surface area contributed by atoms with Gasteiger partial charge >= 0.3 is 0 Å². The lowest BCUT2D eigenvalue weighted by Gasteiger charge is -2.05. The Kier molecular flexibility index (Phi) is 7.73. The van der Waals surface area contributed by atoms with Crippen LogP contribution in [0.2, 0.25) is 0 Å². The molecule has 0 saturated carbocycles. The summed E-state index contributed by atoms with van der Waals surface area (Å²) in [6.07, 6.45) is 0.917. The molecule has 1 N–H and O–H groups in total. The van der Waals surface area contributed by atoms with Crippen molar-refractivity contribution in [1.29, 1.82) is 0 Å². The zero-order chi connectivity index (χ0) is 13.2. The van der Waals surface area contributed by atoms with Crippen LogP contribution in [0.1, 0.15) is 31.8 Å². The molecule has 0 aliphatic heterocycles. The highest BCUT2D eigenvalue weighted by molar-refractivity contribution is 5.06. The summed E-state index contributed by atoms with van der Waals surface area (Å²) in [6.45, 7) is 8.14. The monoisotopic (exact) mass is 255 g/mol. The number of methoxy groups -OCH3 is 1. The average Bonchev–Trinajstić information content (AvgIpc) is 2.76. The number of ether oxygens (including phenoxy) is 2. The van der Waals surface area contributed by atoms with Crippen molar-refractivity contribution in [3.63, 3.8) is 0 Å². The minimum Gasteiger partial charge on any atom is -0.462 e. The molecule has 0 saturated heterocycles. The predicted octanol–water partition coefficient (Wildman–Crippen LogP) is 2.58. The average molecular weight is 255 g/mol. The molecule has 0 aromatic carbocycles. The maximum absolute atomic E-state index is 5.65. The summed E-state index contributed by atoms with van der Waals surface area (Å²) < 4.78 is 16.1. The molecule has 0 unspecified atom stereocenters. The standard InChI is InChI=1S/C14H25NO3/c1-12(2)9-15-10-13-5-6-14(18-13)11-17-8-4-7-16-3/h5-6,12,15H,4,7-11H2,1-3H3. The van der Waals surface area contributed by atoms with E-state index in [2.05, 4.69) is 19.2 Å². The molecule has 0 aliphatic rings. The number of rotatable bonds is 10. The minimum atomic E-state index is 0.536. The fourth-order valence-electron chi connectivity index (χ4n) is 1.56. The van der Waals surface area contributed by atoms with Gasteiger partial charge in [-0.05, 0) is 31.0 Å². The van der Waals surface area contributed by atoms with Crippen molar-refractivity contribution >= 4 is 0 Å². The maximum atomic E-state index is 5.65. The smallest absolute Gasteiger partial charge is 0.129 e. The molecular formula is C14H25NO3. The van der Waals surface area contributed by atoms with Crippen LogP contribution in [0.5, 0.6) is 0 Å². The SMILES string of the molecule is COCCCOCc1ccc(CNCC(C)C)o1. The summed E-state index contributed by atoms with van der Waals surface area (Å²) in [6, 6.07) is 3.98. The molecule has 0 radical (unpaired) electrons. The quantitative estimate of drug-likeness (QED) is 0.653. The molecule has 1 heterocycles. The largest absolute Gasteiger partial charge is 0.462 e. The molecule has 0 amide bonds. The van der Waals surface area contributed by atoms with E-state index in [9.17, 15) is 0 Å². The first kappa shape index (κ1) is 15.2. The summed E-state index contributed by atoms with van der Waals surface area (Å²) in [7, 11) is 1.70. The first-order chi connectivity index (χ1) is 8.72. The summed E-state index contributed by atoms with van der Waals surface area (Å²) in [5.41, 5.74) is 0. The van der Waals surface area contributed by atoms with Crippen LogP contribution in [0.3, 0.4) is 0 Å². The third kappa shape index (κ3) is 6.79. The van der Waals surface area contributed by atoms with Crippen molar-refractivity contribution < 1.29 is 13.9 Å². The molecule has 0 aliphatic carbocycles. The van der Waals surface area contributed by atoms with Crippen molar-refractivity contribution in [3.8, 4) is 0 Å². The highest BCUT2D eigenvalue weighted by Crippen LogP contribution is 2.09. The molecule has 0 spiro atoms. The van der Waals surface area contributed by atoms with Crippen molar-refractivity contribution in [3.05, 3.63) is 23.7 Å². The molecule has 1 aromatic rings. The Morgan fingerprint density at radius 1 is 1.22 bits per heavy atom. The van der Waals surface area contributed by atoms with E-state index in [-0.39, 0.29) is 0 Å².